The minimum absolute atomic E-state index is 0.502. The van der Waals surface area contributed by atoms with Gasteiger partial charge in [-0.2, -0.15) is 0 Å². The molecule has 0 aromatic rings. The van der Waals surface area contributed by atoms with Crippen LogP contribution in [0.2, 0.25) is 0 Å². The molecule has 0 aromatic heterocycles. The highest BCUT2D eigenvalue weighted by atomic mass is 16.4. The minimum atomic E-state index is -1.77. The lowest BCUT2D eigenvalue weighted by Gasteiger charge is -2.25. The van der Waals surface area contributed by atoms with Crippen molar-refractivity contribution in [2.24, 2.45) is 17.2 Å². The van der Waals surface area contributed by atoms with Crippen LogP contribution in [0.25, 0.3) is 0 Å². The molecular formula is C17H28N6O10. The highest BCUT2D eigenvalue weighted by Crippen LogP contribution is 2.04. The van der Waals surface area contributed by atoms with Gasteiger partial charge < -0.3 is 48.5 Å². The van der Waals surface area contributed by atoms with E-state index in [4.69, 9.17) is 27.4 Å². The molecule has 0 radical (unpaired) electrons. The van der Waals surface area contributed by atoms with Gasteiger partial charge in [0.2, 0.25) is 29.5 Å². The zero-order valence-corrected chi connectivity index (χ0v) is 17.6. The summed E-state index contributed by atoms with van der Waals surface area (Å²) in [7, 11) is 0. The Morgan fingerprint density at radius 2 is 1.27 bits per heavy atom. The smallest absolute Gasteiger partial charge is 0.328 e. The summed E-state index contributed by atoms with van der Waals surface area (Å²) in [5.74, 6) is -8.22. The van der Waals surface area contributed by atoms with Crippen LogP contribution in [0.4, 0.5) is 0 Å². The monoisotopic (exact) mass is 476 g/mol. The molecule has 0 aliphatic carbocycles. The third-order valence-electron chi connectivity index (χ3n) is 4.12. The van der Waals surface area contributed by atoms with E-state index in [1.54, 1.807) is 0 Å². The first-order chi connectivity index (χ1) is 15.1. The molecule has 5 amide bonds. The summed E-state index contributed by atoms with van der Waals surface area (Å²) in [5.41, 5.74) is 15.5. The number of carbonyl (C=O) groups excluding carboxylic acids is 5. The third-order valence-corrected chi connectivity index (χ3v) is 4.12. The highest BCUT2D eigenvalue weighted by molar-refractivity contribution is 5.97. The lowest BCUT2D eigenvalue weighted by molar-refractivity contribution is -0.145. The number of hydrogen-bond acceptors (Lipinski definition) is 9. The van der Waals surface area contributed by atoms with Gasteiger partial charge in [0.15, 0.2) is 6.04 Å². The number of carboxylic acid groups (broad SMARTS) is 2. The van der Waals surface area contributed by atoms with Crippen molar-refractivity contribution in [1.29, 1.82) is 0 Å². The van der Waals surface area contributed by atoms with Crippen LogP contribution in [-0.4, -0.2) is 87.1 Å². The summed E-state index contributed by atoms with van der Waals surface area (Å²) in [6, 6.07) is -6.52. The maximum atomic E-state index is 12.6. The van der Waals surface area contributed by atoms with E-state index in [0.29, 0.717) is 0 Å². The van der Waals surface area contributed by atoms with E-state index in [-0.39, 0.29) is 0 Å². The molecule has 0 rings (SSSR count). The Kier molecular flexibility index (Phi) is 12.0. The number of carboxylic acids is 2. The fourth-order valence-corrected chi connectivity index (χ4v) is 2.45. The molecule has 33 heavy (non-hydrogen) atoms. The average Bonchev–Trinajstić information content (AvgIpc) is 2.66. The molecule has 0 bridgehead atoms. The molecule has 0 saturated heterocycles. The van der Waals surface area contributed by atoms with Crippen LogP contribution < -0.4 is 33.2 Å². The first-order valence-electron chi connectivity index (χ1n) is 9.51. The Hall–Kier alpha value is -3.79. The van der Waals surface area contributed by atoms with Crippen molar-refractivity contribution in [3.05, 3.63) is 0 Å². The van der Waals surface area contributed by atoms with Crippen LogP contribution in [0.1, 0.15) is 32.6 Å². The number of rotatable bonds is 15. The lowest BCUT2D eigenvalue weighted by Crippen LogP contribution is -2.59. The van der Waals surface area contributed by atoms with E-state index >= 15 is 0 Å². The summed E-state index contributed by atoms with van der Waals surface area (Å²) in [6.07, 6.45) is -3.98. The van der Waals surface area contributed by atoms with Crippen LogP contribution in [0.3, 0.4) is 0 Å². The van der Waals surface area contributed by atoms with Gasteiger partial charge in [0, 0.05) is 6.42 Å². The quantitative estimate of drug-likeness (QED) is 0.108. The van der Waals surface area contributed by atoms with Gasteiger partial charge in [0.25, 0.3) is 0 Å². The summed E-state index contributed by atoms with van der Waals surface area (Å²) < 4.78 is 0. The van der Waals surface area contributed by atoms with Crippen LogP contribution in [0.15, 0.2) is 0 Å². The average molecular weight is 476 g/mol. The fourth-order valence-electron chi connectivity index (χ4n) is 2.45. The predicted octanol–water partition coefficient (Wildman–Crippen LogP) is -5.15. The number of nitrogens with two attached hydrogens (primary N) is 3. The van der Waals surface area contributed by atoms with E-state index < -0.39 is 97.4 Å². The molecule has 186 valence electrons. The van der Waals surface area contributed by atoms with Gasteiger partial charge >= 0.3 is 11.9 Å². The molecular weight excluding hydrogens is 448 g/mol. The largest absolute Gasteiger partial charge is 0.481 e. The number of aliphatic hydroxyl groups is 1. The van der Waals surface area contributed by atoms with Gasteiger partial charge in [-0.25, -0.2) is 4.79 Å². The van der Waals surface area contributed by atoms with Gasteiger partial charge in [-0.1, -0.05) is 0 Å². The van der Waals surface area contributed by atoms with Crippen LogP contribution >= 0.6 is 0 Å². The maximum Gasteiger partial charge on any atom is 0.328 e. The van der Waals surface area contributed by atoms with Crippen LogP contribution in [0.5, 0.6) is 0 Å². The summed E-state index contributed by atoms with van der Waals surface area (Å²) in [6.45, 7) is 1.08. The minimum Gasteiger partial charge on any atom is -0.481 e. The lowest BCUT2D eigenvalue weighted by atomic mass is 10.1. The number of aliphatic carboxylic acids is 2. The van der Waals surface area contributed by atoms with Gasteiger partial charge in [-0.05, 0) is 13.3 Å². The zero-order chi connectivity index (χ0) is 25.9. The van der Waals surface area contributed by atoms with Gasteiger partial charge in [0.1, 0.15) is 12.1 Å². The van der Waals surface area contributed by atoms with Gasteiger partial charge in [-0.15, -0.1) is 0 Å². The first-order valence-corrected chi connectivity index (χ1v) is 9.51. The predicted molar refractivity (Wildman–Crippen MR) is 108 cm³/mol. The maximum absolute atomic E-state index is 12.6. The van der Waals surface area contributed by atoms with Gasteiger partial charge in [0.05, 0.1) is 25.0 Å². The van der Waals surface area contributed by atoms with Crippen LogP contribution in [0, 0.1) is 0 Å². The number of primary amides is 2. The Labute approximate surface area is 187 Å². The van der Waals surface area contributed by atoms with Crippen molar-refractivity contribution >= 4 is 41.5 Å². The molecule has 0 aliphatic rings. The molecule has 0 spiro atoms. The first kappa shape index (κ1) is 29.2. The normalized spacial score (nSPS) is 15.1. The fraction of sp³-hybridized carbons (Fsp3) is 0.588. The molecule has 0 fully saturated rings. The molecule has 16 heteroatoms. The van der Waals surface area contributed by atoms with Crippen molar-refractivity contribution in [1.82, 2.24) is 16.0 Å². The zero-order valence-electron chi connectivity index (χ0n) is 17.6. The van der Waals surface area contributed by atoms with Crippen molar-refractivity contribution in [2.45, 2.75) is 62.9 Å². The molecule has 0 saturated carbocycles. The SMILES string of the molecule is CC(O)C(NC(=O)C(CCC(=O)O)NC(=O)C(CC(N)=O)NC(=O)C(N)CC(N)=O)C(=O)O. The number of nitrogens with one attached hydrogen (secondary N) is 3. The van der Waals surface area contributed by atoms with E-state index in [1.165, 1.54) is 0 Å². The number of aliphatic hydroxyl groups excluding tert-OH is 1. The van der Waals surface area contributed by atoms with Crippen LogP contribution in [-0.2, 0) is 33.6 Å². The molecule has 0 aliphatic heterocycles. The summed E-state index contributed by atoms with van der Waals surface area (Å²) in [5, 5.41) is 33.6. The van der Waals surface area contributed by atoms with E-state index in [0.717, 1.165) is 6.92 Å². The second-order valence-electron chi connectivity index (χ2n) is 7.07. The van der Waals surface area contributed by atoms with Crippen molar-refractivity contribution < 1.29 is 48.9 Å². The van der Waals surface area contributed by atoms with E-state index in [1.807, 2.05) is 5.32 Å². The number of hydrogen-bond donors (Lipinski definition) is 9. The highest BCUT2D eigenvalue weighted by Gasteiger charge is 2.32. The van der Waals surface area contributed by atoms with Crippen molar-refractivity contribution in [2.75, 3.05) is 0 Å². The third kappa shape index (κ3) is 11.4. The van der Waals surface area contributed by atoms with E-state index in [9.17, 15) is 38.7 Å². The summed E-state index contributed by atoms with van der Waals surface area (Å²) in [4.78, 5) is 81.4. The molecule has 0 aromatic carbocycles. The number of amides is 5. The van der Waals surface area contributed by atoms with Crippen molar-refractivity contribution in [3.63, 3.8) is 0 Å². The number of carbonyl (C=O) groups is 7. The Morgan fingerprint density at radius 1 is 0.788 bits per heavy atom. The molecule has 0 heterocycles. The standard InChI is InChI=1S/C17H28N6O10/c1-6(24)13(17(32)33)23-15(30)8(2-3-12(27)28)21-16(31)9(5-11(20)26)22-14(29)7(18)4-10(19)25/h6-9,13,24H,2-5,18H2,1H3,(H2,19,25)(H2,20,26)(H,21,31)(H,22,29)(H,23,30)(H,27,28)(H,32,33). The Bertz CT molecular complexity index is 786. The Balaban J connectivity index is 5.60. The van der Waals surface area contributed by atoms with Crippen molar-refractivity contribution in [3.8, 4) is 0 Å². The van der Waals surface area contributed by atoms with Gasteiger partial charge in [-0.3, -0.25) is 28.8 Å². The summed E-state index contributed by atoms with van der Waals surface area (Å²) >= 11 is 0. The molecule has 5 atom stereocenters. The Morgan fingerprint density at radius 3 is 1.70 bits per heavy atom. The second-order valence-corrected chi connectivity index (χ2v) is 7.07. The van der Waals surface area contributed by atoms with E-state index in [2.05, 4.69) is 10.6 Å². The second kappa shape index (κ2) is 13.6. The molecule has 12 N–H and O–H groups in total. The molecule has 5 unspecified atom stereocenters. The topological polar surface area (TPSA) is 294 Å². The molecule has 16 nitrogen and oxygen atoms in total.